The number of aromatic nitrogens is 1. The molecule has 0 fully saturated rings. The predicted octanol–water partition coefficient (Wildman–Crippen LogP) is 0.108. The van der Waals surface area contributed by atoms with E-state index >= 15 is 0 Å². The van der Waals surface area contributed by atoms with Gasteiger partial charge in [-0.3, -0.25) is 4.79 Å². The fourth-order valence-electron chi connectivity index (χ4n) is 1.60. The number of H-pyrrole nitrogens is 1. The van der Waals surface area contributed by atoms with Gasteiger partial charge in [0.25, 0.3) is 5.91 Å². The molecule has 2 aromatic rings. The maximum atomic E-state index is 11.0. The smallest absolute Gasteiger partial charge is 0.270 e. The minimum absolute atomic E-state index is 0.164. The zero-order valence-corrected chi connectivity index (χ0v) is 6.74. The van der Waals surface area contributed by atoms with Gasteiger partial charge in [-0.2, -0.15) is 0 Å². The SMILES string of the molecule is O=C1C=c2cc3cc[nH]c3cc2=N1. The molecule has 3 nitrogen and oxygen atoms in total. The zero-order valence-electron chi connectivity index (χ0n) is 6.74. The van der Waals surface area contributed by atoms with Gasteiger partial charge in [-0.1, -0.05) is 0 Å². The van der Waals surface area contributed by atoms with Crippen molar-refractivity contribution in [2.45, 2.75) is 0 Å². The largest absolute Gasteiger partial charge is 0.361 e. The number of hydrogen-bond donors (Lipinski definition) is 1. The summed E-state index contributed by atoms with van der Waals surface area (Å²) in [4.78, 5) is 17.9. The van der Waals surface area contributed by atoms with Crippen molar-refractivity contribution in [1.29, 1.82) is 0 Å². The van der Waals surface area contributed by atoms with E-state index in [9.17, 15) is 4.79 Å². The van der Waals surface area contributed by atoms with Crippen molar-refractivity contribution in [2.24, 2.45) is 4.99 Å². The number of carbonyl (C=O) groups excluding carboxylic acids is 1. The lowest BCUT2D eigenvalue weighted by atomic mass is 10.2. The van der Waals surface area contributed by atoms with E-state index in [2.05, 4.69) is 9.98 Å². The number of carbonyl (C=O) groups is 1. The molecule has 2 heterocycles. The van der Waals surface area contributed by atoms with Crippen LogP contribution < -0.4 is 10.6 Å². The van der Waals surface area contributed by atoms with Crippen LogP contribution >= 0.6 is 0 Å². The Morgan fingerprint density at radius 3 is 3.15 bits per heavy atom. The third kappa shape index (κ3) is 0.839. The number of hydrogen-bond acceptors (Lipinski definition) is 1. The molecule has 0 radical (unpaired) electrons. The molecular formula is C10H6N2O. The number of nitrogens with one attached hydrogen (secondary N) is 1. The minimum Gasteiger partial charge on any atom is -0.361 e. The first-order valence-corrected chi connectivity index (χ1v) is 4.04. The number of benzene rings is 1. The van der Waals surface area contributed by atoms with Crippen LogP contribution in [-0.4, -0.2) is 10.9 Å². The first-order valence-electron chi connectivity index (χ1n) is 4.04. The lowest BCUT2D eigenvalue weighted by molar-refractivity contribution is -0.112. The average molecular weight is 170 g/mol. The Labute approximate surface area is 73.4 Å². The van der Waals surface area contributed by atoms with E-state index in [-0.39, 0.29) is 5.91 Å². The van der Waals surface area contributed by atoms with Crippen molar-refractivity contribution in [3.8, 4) is 0 Å². The highest BCUT2D eigenvalue weighted by molar-refractivity contribution is 6.06. The summed E-state index contributed by atoms with van der Waals surface area (Å²) in [6.45, 7) is 0. The van der Waals surface area contributed by atoms with Gasteiger partial charge in [0, 0.05) is 28.4 Å². The van der Waals surface area contributed by atoms with Crippen LogP contribution in [0.3, 0.4) is 0 Å². The van der Waals surface area contributed by atoms with Crippen LogP contribution in [0.5, 0.6) is 0 Å². The molecule has 1 aromatic heterocycles. The van der Waals surface area contributed by atoms with Crippen molar-refractivity contribution >= 4 is 22.9 Å². The van der Waals surface area contributed by atoms with Crippen molar-refractivity contribution in [3.63, 3.8) is 0 Å². The van der Waals surface area contributed by atoms with Crippen LogP contribution in [0.2, 0.25) is 0 Å². The number of rotatable bonds is 0. The molecule has 1 amide bonds. The lowest BCUT2D eigenvalue weighted by Gasteiger charge is -1.86. The summed E-state index contributed by atoms with van der Waals surface area (Å²) in [6, 6.07) is 5.84. The van der Waals surface area contributed by atoms with Crippen LogP contribution in [-0.2, 0) is 4.79 Å². The normalized spacial score (nSPS) is 14.0. The number of nitrogens with zero attached hydrogens (tertiary/aromatic N) is 1. The summed E-state index contributed by atoms with van der Waals surface area (Å²) in [6.07, 6.45) is 3.43. The summed E-state index contributed by atoms with van der Waals surface area (Å²) in [5, 5.41) is 2.79. The molecule has 0 saturated carbocycles. The van der Waals surface area contributed by atoms with Gasteiger partial charge >= 0.3 is 0 Å². The molecule has 1 aliphatic rings. The highest BCUT2D eigenvalue weighted by atomic mass is 16.1. The molecule has 0 spiro atoms. The van der Waals surface area contributed by atoms with Gasteiger partial charge in [-0.15, -0.1) is 0 Å². The Morgan fingerprint density at radius 1 is 1.31 bits per heavy atom. The summed E-state index contributed by atoms with van der Waals surface area (Å²) >= 11 is 0. The second-order valence-corrected chi connectivity index (χ2v) is 3.07. The maximum Gasteiger partial charge on any atom is 0.270 e. The molecular weight excluding hydrogens is 164 g/mol. The van der Waals surface area contributed by atoms with Gasteiger partial charge in [0.05, 0.1) is 5.36 Å². The van der Waals surface area contributed by atoms with E-state index in [0.717, 1.165) is 21.5 Å². The quantitative estimate of drug-likeness (QED) is 0.599. The Morgan fingerprint density at radius 2 is 2.23 bits per heavy atom. The van der Waals surface area contributed by atoms with Crippen LogP contribution in [0.4, 0.5) is 0 Å². The highest BCUT2D eigenvalue weighted by Crippen LogP contribution is 2.06. The average Bonchev–Trinajstić information content (AvgIpc) is 2.63. The second-order valence-electron chi connectivity index (χ2n) is 3.07. The number of fused-ring (bicyclic) bond motifs is 2. The standard InChI is InChI=1S/C10H6N2O/c13-10-4-7-3-6-1-2-11-8(6)5-9(7)12-10/h1-5,11H. The van der Waals surface area contributed by atoms with Crippen LogP contribution in [0.25, 0.3) is 17.0 Å². The molecule has 0 aliphatic carbocycles. The minimum atomic E-state index is -0.164. The monoisotopic (exact) mass is 170 g/mol. The van der Waals surface area contributed by atoms with Gasteiger partial charge in [-0.25, -0.2) is 4.99 Å². The summed E-state index contributed by atoms with van der Waals surface area (Å²) < 4.78 is 0. The van der Waals surface area contributed by atoms with Gasteiger partial charge in [-0.05, 0) is 18.2 Å². The second kappa shape index (κ2) is 2.07. The molecule has 3 heteroatoms. The molecule has 62 valence electrons. The van der Waals surface area contributed by atoms with Gasteiger partial charge < -0.3 is 4.98 Å². The third-order valence-electron chi connectivity index (χ3n) is 2.21. The Bertz CT molecular complexity index is 570. The zero-order chi connectivity index (χ0) is 8.84. The van der Waals surface area contributed by atoms with Crippen LogP contribution in [0.1, 0.15) is 0 Å². The molecule has 0 atom stereocenters. The molecule has 0 bridgehead atoms. The van der Waals surface area contributed by atoms with Crippen molar-refractivity contribution < 1.29 is 4.79 Å². The Kier molecular flexibility index (Phi) is 1.05. The summed E-state index contributed by atoms with van der Waals surface area (Å²) in [5.74, 6) is -0.164. The van der Waals surface area contributed by atoms with Gasteiger partial charge in [0.2, 0.25) is 0 Å². The van der Waals surface area contributed by atoms with Crippen molar-refractivity contribution in [3.05, 3.63) is 35.0 Å². The Balaban J connectivity index is 2.60. The Hall–Kier alpha value is -1.90. The van der Waals surface area contributed by atoms with E-state index in [1.54, 1.807) is 6.08 Å². The van der Waals surface area contributed by atoms with E-state index in [4.69, 9.17) is 0 Å². The van der Waals surface area contributed by atoms with E-state index in [0.29, 0.717) is 0 Å². The third-order valence-corrected chi connectivity index (χ3v) is 2.21. The molecule has 3 rings (SSSR count). The molecule has 1 aromatic carbocycles. The van der Waals surface area contributed by atoms with E-state index in [1.165, 1.54) is 0 Å². The number of aromatic amines is 1. The first-order chi connectivity index (χ1) is 6.33. The van der Waals surface area contributed by atoms with Crippen molar-refractivity contribution in [1.82, 2.24) is 4.98 Å². The van der Waals surface area contributed by atoms with Gasteiger partial charge in [0.15, 0.2) is 0 Å². The maximum absolute atomic E-state index is 11.0. The molecule has 0 unspecified atom stereocenters. The highest BCUT2D eigenvalue weighted by Gasteiger charge is 2.04. The van der Waals surface area contributed by atoms with Crippen LogP contribution in [0, 0.1) is 0 Å². The van der Waals surface area contributed by atoms with E-state index < -0.39 is 0 Å². The molecule has 0 saturated heterocycles. The lowest BCUT2D eigenvalue weighted by Crippen LogP contribution is -2.20. The van der Waals surface area contributed by atoms with E-state index in [1.807, 2.05) is 24.4 Å². The van der Waals surface area contributed by atoms with Crippen LogP contribution in [0.15, 0.2) is 29.4 Å². The molecule has 1 N–H and O–H groups in total. The van der Waals surface area contributed by atoms with Gasteiger partial charge in [0.1, 0.15) is 0 Å². The molecule has 1 aliphatic heterocycles. The summed E-state index contributed by atoms with van der Waals surface area (Å²) in [7, 11) is 0. The fraction of sp³-hybridized carbons (Fsp3) is 0. The predicted molar refractivity (Wildman–Crippen MR) is 48.6 cm³/mol. The fourth-order valence-corrected chi connectivity index (χ4v) is 1.60. The summed E-state index contributed by atoms with van der Waals surface area (Å²) in [5.41, 5.74) is 1.02. The first kappa shape index (κ1) is 6.60. The number of amides is 1. The topological polar surface area (TPSA) is 45.2 Å². The molecule has 13 heavy (non-hydrogen) atoms. The van der Waals surface area contributed by atoms with Crippen molar-refractivity contribution in [2.75, 3.05) is 0 Å².